The van der Waals surface area contributed by atoms with Crippen LogP contribution in [0.2, 0.25) is 0 Å². The molecule has 0 radical (unpaired) electrons. The summed E-state index contributed by atoms with van der Waals surface area (Å²) in [5.74, 6) is -2.35. The smallest absolute Gasteiger partial charge is 0.350 e. The topological polar surface area (TPSA) is 128 Å². The molecule has 0 bridgehead atoms. The summed E-state index contributed by atoms with van der Waals surface area (Å²) in [6.07, 6.45) is 5.76. The first kappa shape index (κ1) is 22.0. The van der Waals surface area contributed by atoms with Crippen molar-refractivity contribution >= 4 is 32.8 Å². The average molecular weight is 456 g/mol. The van der Waals surface area contributed by atoms with Gasteiger partial charge in [0.05, 0.1) is 4.90 Å². The minimum atomic E-state index is -4.32. The quantitative estimate of drug-likeness (QED) is 0.407. The normalized spacial score (nSPS) is 17.0. The Morgan fingerprint density at radius 1 is 1.00 bits per heavy atom. The fourth-order valence-electron chi connectivity index (χ4n) is 4.17. The third-order valence-corrected chi connectivity index (χ3v) is 7.39. The summed E-state index contributed by atoms with van der Waals surface area (Å²) in [6, 6.07) is 14.1. The number of H-pyrrole nitrogens is 1. The number of carboxylic acid groups (broad SMARTS) is 1. The van der Waals surface area contributed by atoms with Crippen molar-refractivity contribution in [1.82, 2.24) is 15.0 Å². The van der Waals surface area contributed by atoms with Crippen LogP contribution in [0, 0.1) is 5.92 Å². The van der Waals surface area contributed by atoms with Gasteiger partial charge in [-0.3, -0.25) is 4.79 Å². The van der Waals surface area contributed by atoms with Gasteiger partial charge in [-0.25, -0.2) is 13.2 Å². The number of aromatic amines is 1. The van der Waals surface area contributed by atoms with Crippen LogP contribution in [-0.2, 0) is 25.3 Å². The number of nitrogens with one attached hydrogen (secondary N) is 3. The lowest BCUT2D eigenvalue weighted by Gasteiger charge is -2.33. The molecule has 1 unspecified atom stereocenters. The molecular weight excluding hydrogens is 430 g/mol. The number of fused-ring (bicyclic) bond motifs is 1. The van der Waals surface area contributed by atoms with E-state index >= 15 is 0 Å². The first-order valence-corrected chi connectivity index (χ1v) is 12.0. The molecule has 1 atom stereocenters. The summed E-state index contributed by atoms with van der Waals surface area (Å²) >= 11 is 0. The van der Waals surface area contributed by atoms with Crippen LogP contribution in [-0.4, -0.2) is 30.4 Å². The van der Waals surface area contributed by atoms with Gasteiger partial charge in [-0.2, -0.15) is 4.72 Å². The molecule has 1 amide bonds. The van der Waals surface area contributed by atoms with E-state index in [2.05, 4.69) is 15.0 Å². The van der Waals surface area contributed by atoms with Crippen molar-refractivity contribution in [1.29, 1.82) is 0 Å². The maximum absolute atomic E-state index is 13.3. The number of aromatic nitrogens is 1. The van der Waals surface area contributed by atoms with Crippen molar-refractivity contribution in [3.8, 4) is 0 Å². The SMILES string of the molecule is O=C(NC(NS(=O)(=O)c1ccc2cc[nH]c2c1)(C(=O)O)c1ccccc1)C1CCCCC1. The molecule has 0 aliphatic heterocycles. The predicted molar refractivity (Wildman–Crippen MR) is 119 cm³/mol. The predicted octanol–water partition coefficient (Wildman–Crippen LogP) is 3.08. The Morgan fingerprint density at radius 2 is 1.72 bits per heavy atom. The van der Waals surface area contributed by atoms with E-state index in [1.54, 1.807) is 36.5 Å². The molecule has 0 saturated heterocycles. The molecule has 1 heterocycles. The maximum atomic E-state index is 13.3. The monoisotopic (exact) mass is 455 g/mol. The Morgan fingerprint density at radius 3 is 2.41 bits per heavy atom. The Hall–Kier alpha value is -3.17. The van der Waals surface area contributed by atoms with Crippen LogP contribution in [0.1, 0.15) is 37.7 Å². The van der Waals surface area contributed by atoms with Crippen molar-refractivity contribution in [2.45, 2.75) is 42.7 Å². The second kappa shape index (κ2) is 8.76. The summed E-state index contributed by atoms with van der Waals surface area (Å²) in [4.78, 5) is 28.4. The van der Waals surface area contributed by atoms with Crippen LogP contribution < -0.4 is 10.0 Å². The lowest BCUT2D eigenvalue weighted by molar-refractivity contribution is -0.149. The highest BCUT2D eigenvalue weighted by molar-refractivity contribution is 7.89. The van der Waals surface area contributed by atoms with Gasteiger partial charge in [0.25, 0.3) is 0 Å². The summed E-state index contributed by atoms with van der Waals surface area (Å²) < 4.78 is 28.9. The zero-order valence-corrected chi connectivity index (χ0v) is 18.2. The van der Waals surface area contributed by atoms with Gasteiger partial charge in [0.2, 0.25) is 21.6 Å². The van der Waals surface area contributed by atoms with Gasteiger partial charge < -0.3 is 15.4 Å². The number of aliphatic carboxylic acids is 1. The average Bonchev–Trinajstić information content (AvgIpc) is 3.27. The highest BCUT2D eigenvalue weighted by atomic mass is 32.2. The van der Waals surface area contributed by atoms with E-state index in [0.717, 1.165) is 24.6 Å². The van der Waals surface area contributed by atoms with Gasteiger partial charge >= 0.3 is 5.97 Å². The summed E-state index contributed by atoms with van der Waals surface area (Å²) in [5, 5.41) is 13.6. The van der Waals surface area contributed by atoms with Crippen molar-refractivity contribution in [2.24, 2.45) is 5.92 Å². The summed E-state index contributed by atoms with van der Waals surface area (Å²) in [6.45, 7) is 0. The molecule has 4 N–H and O–H groups in total. The highest BCUT2D eigenvalue weighted by Crippen LogP contribution is 2.28. The number of sulfonamides is 1. The zero-order chi connectivity index (χ0) is 22.8. The van der Waals surface area contributed by atoms with Crippen LogP contribution in [0.15, 0.2) is 65.7 Å². The molecule has 4 rings (SSSR count). The number of carboxylic acids is 1. The summed E-state index contributed by atoms with van der Waals surface area (Å²) in [5.41, 5.74) is -1.64. The van der Waals surface area contributed by atoms with Gasteiger partial charge in [-0.05, 0) is 36.4 Å². The molecule has 9 heteroatoms. The van der Waals surface area contributed by atoms with E-state index in [9.17, 15) is 23.1 Å². The first-order valence-electron chi connectivity index (χ1n) is 10.5. The second-order valence-corrected chi connectivity index (χ2v) is 9.76. The number of carbonyl (C=O) groups excluding carboxylic acids is 1. The van der Waals surface area contributed by atoms with Crippen LogP contribution in [0.25, 0.3) is 10.9 Å². The van der Waals surface area contributed by atoms with Crippen LogP contribution in [0.5, 0.6) is 0 Å². The van der Waals surface area contributed by atoms with Crippen LogP contribution >= 0.6 is 0 Å². The second-order valence-electron chi connectivity index (χ2n) is 8.08. The van der Waals surface area contributed by atoms with E-state index in [0.29, 0.717) is 18.4 Å². The Bertz CT molecular complexity index is 1230. The van der Waals surface area contributed by atoms with E-state index in [1.165, 1.54) is 24.3 Å². The third kappa shape index (κ3) is 4.26. The van der Waals surface area contributed by atoms with E-state index in [-0.39, 0.29) is 16.4 Å². The lowest BCUT2D eigenvalue weighted by Crippen LogP contribution is -2.63. The van der Waals surface area contributed by atoms with Gasteiger partial charge in [-0.15, -0.1) is 0 Å². The van der Waals surface area contributed by atoms with E-state index in [4.69, 9.17) is 0 Å². The van der Waals surface area contributed by atoms with Crippen LogP contribution in [0.4, 0.5) is 0 Å². The highest BCUT2D eigenvalue weighted by Gasteiger charge is 2.47. The van der Waals surface area contributed by atoms with Crippen molar-refractivity contribution in [3.05, 3.63) is 66.4 Å². The number of hydrogen-bond donors (Lipinski definition) is 4. The molecule has 1 aliphatic carbocycles. The third-order valence-electron chi connectivity index (χ3n) is 5.94. The van der Waals surface area contributed by atoms with E-state index < -0.39 is 27.6 Å². The van der Waals surface area contributed by atoms with Gasteiger partial charge in [-0.1, -0.05) is 55.7 Å². The molecule has 168 valence electrons. The Balaban J connectivity index is 1.75. The van der Waals surface area contributed by atoms with Gasteiger partial charge in [0.15, 0.2) is 0 Å². The molecule has 1 fully saturated rings. The zero-order valence-electron chi connectivity index (χ0n) is 17.4. The van der Waals surface area contributed by atoms with Crippen LogP contribution in [0.3, 0.4) is 0 Å². The summed E-state index contributed by atoms with van der Waals surface area (Å²) in [7, 11) is -4.32. The molecule has 0 spiro atoms. The van der Waals surface area contributed by atoms with Crippen molar-refractivity contribution in [2.75, 3.05) is 0 Å². The molecule has 1 aromatic heterocycles. The Kier molecular flexibility index (Phi) is 6.03. The first-order chi connectivity index (χ1) is 15.3. The number of hydrogen-bond acceptors (Lipinski definition) is 4. The standard InChI is InChI=1S/C23H25N3O5S/c27-21(17-7-3-1-4-8-17)25-23(22(28)29,18-9-5-2-6-10-18)26-32(30,31)19-12-11-16-13-14-24-20(16)15-19/h2,5-6,9-15,17,24,26H,1,3-4,7-8H2,(H,25,27)(H,28,29). The van der Waals surface area contributed by atoms with Gasteiger partial charge in [0, 0.05) is 23.2 Å². The number of carbonyl (C=O) groups is 2. The lowest BCUT2D eigenvalue weighted by atomic mass is 9.88. The molecular formula is C23H25N3O5S. The van der Waals surface area contributed by atoms with E-state index in [1.807, 2.05) is 0 Å². The number of amides is 1. The molecule has 1 aliphatic rings. The number of benzene rings is 2. The largest absolute Gasteiger partial charge is 0.478 e. The molecule has 32 heavy (non-hydrogen) atoms. The Labute approximate surface area is 186 Å². The van der Waals surface area contributed by atoms with Crippen molar-refractivity contribution in [3.63, 3.8) is 0 Å². The van der Waals surface area contributed by atoms with Gasteiger partial charge in [0.1, 0.15) is 0 Å². The van der Waals surface area contributed by atoms with Crippen molar-refractivity contribution < 1.29 is 23.1 Å². The maximum Gasteiger partial charge on any atom is 0.350 e. The molecule has 1 saturated carbocycles. The molecule has 3 aromatic rings. The fourth-order valence-corrected chi connectivity index (χ4v) is 5.47. The minimum Gasteiger partial charge on any atom is -0.478 e. The molecule has 2 aromatic carbocycles. The minimum absolute atomic E-state index is 0.110. The fraction of sp³-hybridized carbons (Fsp3) is 0.304. The number of rotatable bonds is 7. The molecule has 8 nitrogen and oxygen atoms in total.